The van der Waals surface area contributed by atoms with Crippen molar-refractivity contribution >= 4 is 46.4 Å². The number of hydrogen-bond donors (Lipinski definition) is 6. The van der Waals surface area contributed by atoms with Gasteiger partial charge in [-0.3, -0.25) is 14.4 Å². The van der Waals surface area contributed by atoms with Crippen LogP contribution in [0.4, 0.5) is 0 Å². The molecule has 0 spiro atoms. The number of carboxylic acids is 1. The van der Waals surface area contributed by atoms with E-state index in [0.29, 0.717) is 18.6 Å². The first kappa shape index (κ1) is 31.2. The minimum Gasteiger partial charge on any atom is -0.480 e. The van der Waals surface area contributed by atoms with Gasteiger partial charge in [0.25, 0.3) is 0 Å². The van der Waals surface area contributed by atoms with Crippen molar-refractivity contribution in [2.24, 2.45) is 17.6 Å². The maximum atomic E-state index is 13.4. The molecule has 1 heterocycles. The number of hydrogen-bond acceptors (Lipinski definition) is 6. The van der Waals surface area contributed by atoms with Crippen LogP contribution in [-0.2, 0) is 25.6 Å². The van der Waals surface area contributed by atoms with Crippen molar-refractivity contribution in [3.05, 3.63) is 36.0 Å². The molecule has 0 aliphatic rings. The second-order valence-corrected chi connectivity index (χ2v) is 11.3. The lowest BCUT2D eigenvalue weighted by Crippen LogP contribution is -2.58. The SMILES string of the molecule is CSCCC(N)C(=O)NC(CC(C)C)C(=O)NC(Cc1c[nH]c2ccccc12)C(=O)NC(C(=O)O)C(C)C. The lowest BCUT2D eigenvalue weighted by Gasteiger charge is -2.26. The molecule has 11 heteroatoms. The van der Waals surface area contributed by atoms with Crippen LogP contribution in [0.5, 0.6) is 0 Å². The number of nitrogens with one attached hydrogen (secondary N) is 4. The first-order valence-corrected chi connectivity index (χ1v) is 14.3. The van der Waals surface area contributed by atoms with E-state index in [1.54, 1.807) is 31.8 Å². The van der Waals surface area contributed by atoms with Gasteiger partial charge in [0, 0.05) is 23.5 Å². The molecule has 3 amide bonds. The highest BCUT2D eigenvalue weighted by atomic mass is 32.2. The summed E-state index contributed by atoms with van der Waals surface area (Å²) in [4.78, 5) is 54.4. The number of benzene rings is 1. The molecule has 4 unspecified atom stereocenters. The van der Waals surface area contributed by atoms with Gasteiger partial charge >= 0.3 is 5.97 Å². The quantitative estimate of drug-likeness (QED) is 0.198. The molecule has 2 aromatic rings. The van der Waals surface area contributed by atoms with Crippen LogP contribution < -0.4 is 21.7 Å². The van der Waals surface area contributed by atoms with E-state index in [2.05, 4.69) is 20.9 Å². The number of para-hydroxylation sites is 1. The molecule has 0 aliphatic carbocycles. The van der Waals surface area contributed by atoms with E-state index in [4.69, 9.17) is 5.73 Å². The predicted molar refractivity (Wildman–Crippen MR) is 151 cm³/mol. The summed E-state index contributed by atoms with van der Waals surface area (Å²) in [6.45, 7) is 7.24. The monoisotopic (exact) mass is 547 g/mol. The van der Waals surface area contributed by atoms with Crippen molar-refractivity contribution in [3.63, 3.8) is 0 Å². The van der Waals surface area contributed by atoms with Crippen molar-refractivity contribution in [2.45, 2.75) is 71.1 Å². The molecule has 1 aromatic carbocycles. The molecular formula is C27H41N5O5S. The Hall–Kier alpha value is -3.05. The van der Waals surface area contributed by atoms with E-state index < -0.39 is 47.9 Å². The number of H-pyrrole nitrogens is 1. The number of carbonyl (C=O) groups excluding carboxylic acids is 3. The van der Waals surface area contributed by atoms with Crippen molar-refractivity contribution in [3.8, 4) is 0 Å². The number of carboxylic acid groups (broad SMARTS) is 1. The van der Waals surface area contributed by atoms with Crippen molar-refractivity contribution in [1.29, 1.82) is 0 Å². The third kappa shape index (κ3) is 9.05. The Balaban J connectivity index is 2.30. The zero-order valence-corrected chi connectivity index (χ0v) is 23.6. The minimum absolute atomic E-state index is 0.0756. The average Bonchev–Trinajstić information content (AvgIpc) is 3.26. The van der Waals surface area contributed by atoms with Crippen LogP contribution in [0, 0.1) is 11.8 Å². The van der Waals surface area contributed by atoms with E-state index >= 15 is 0 Å². The molecular weight excluding hydrogens is 506 g/mol. The fourth-order valence-corrected chi connectivity index (χ4v) is 4.62. The van der Waals surface area contributed by atoms with Crippen LogP contribution in [0.25, 0.3) is 10.9 Å². The number of carbonyl (C=O) groups is 4. The third-order valence-corrected chi connectivity index (χ3v) is 6.92. The normalized spacial score (nSPS) is 14.6. The minimum atomic E-state index is -1.16. The van der Waals surface area contributed by atoms with Gasteiger partial charge in [-0.1, -0.05) is 45.9 Å². The van der Waals surface area contributed by atoms with Gasteiger partial charge in [0.05, 0.1) is 6.04 Å². The average molecular weight is 548 g/mol. The van der Waals surface area contributed by atoms with Gasteiger partial charge in [0.15, 0.2) is 0 Å². The van der Waals surface area contributed by atoms with Gasteiger partial charge in [-0.25, -0.2) is 4.79 Å². The number of aromatic amines is 1. The van der Waals surface area contributed by atoms with Crippen LogP contribution in [0.1, 0.15) is 46.1 Å². The highest BCUT2D eigenvalue weighted by Crippen LogP contribution is 2.20. The van der Waals surface area contributed by atoms with Gasteiger partial charge in [-0.15, -0.1) is 0 Å². The van der Waals surface area contributed by atoms with Gasteiger partial charge < -0.3 is 31.8 Å². The number of fused-ring (bicyclic) bond motifs is 1. The molecule has 4 atom stereocenters. The summed E-state index contributed by atoms with van der Waals surface area (Å²) in [5, 5.41) is 18.6. The summed E-state index contributed by atoms with van der Waals surface area (Å²) in [5.41, 5.74) is 7.68. The molecule has 7 N–H and O–H groups in total. The molecule has 0 saturated carbocycles. The second kappa shape index (κ2) is 14.8. The Labute approximate surface area is 228 Å². The molecule has 210 valence electrons. The Morgan fingerprint density at radius 2 is 1.61 bits per heavy atom. The Bertz CT molecular complexity index is 1100. The predicted octanol–water partition coefficient (Wildman–Crippen LogP) is 2.03. The summed E-state index contributed by atoms with van der Waals surface area (Å²) in [6, 6.07) is 3.73. The van der Waals surface area contributed by atoms with Crippen LogP contribution in [0.15, 0.2) is 30.5 Å². The molecule has 38 heavy (non-hydrogen) atoms. The third-order valence-electron chi connectivity index (χ3n) is 6.27. The van der Waals surface area contributed by atoms with Gasteiger partial charge in [0.2, 0.25) is 17.7 Å². The number of nitrogens with two attached hydrogens (primary N) is 1. The topological polar surface area (TPSA) is 166 Å². The zero-order valence-electron chi connectivity index (χ0n) is 22.7. The lowest BCUT2D eigenvalue weighted by molar-refractivity contribution is -0.143. The highest BCUT2D eigenvalue weighted by Gasteiger charge is 2.32. The fraction of sp³-hybridized carbons (Fsp3) is 0.556. The zero-order chi connectivity index (χ0) is 28.4. The first-order valence-electron chi connectivity index (χ1n) is 12.9. The molecule has 10 nitrogen and oxygen atoms in total. The summed E-state index contributed by atoms with van der Waals surface area (Å²) in [7, 11) is 0. The lowest BCUT2D eigenvalue weighted by atomic mass is 9.99. The number of amides is 3. The molecule has 2 rings (SSSR count). The maximum absolute atomic E-state index is 13.4. The van der Waals surface area contributed by atoms with E-state index in [0.717, 1.165) is 16.5 Å². The van der Waals surface area contributed by atoms with Crippen LogP contribution >= 0.6 is 11.8 Å². The van der Waals surface area contributed by atoms with Gasteiger partial charge in [-0.2, -0.15) is 11.8 Å². The molecule has 0 radical (unpaired) electrons. The van der Waals surface area contributed by atoms with E-state index in [1.165, 1.54) is 0 Å². The maximum Gasteiger partial charge on any atom is 0.326 e. The largest absolute Gasteiger partial charge is 0.480 e. The summed E-state index contributed by atoms with van der Waals surface area (Å²) < 4.78 is 0. The van der Waals surface area contributed by atoms with E-state index in [1.807, 2.05) is 44.4 Å². The molecule has 0 aliphatic heterocycles. The van der Waals surface area contributed by atoms with Crippen molar-refractivity contribution in [1.82, 2.24) is 20.9 Å². The molecule has 0 saturated heterocycles. The number of aliphatic carboxylic acids is 1. The molecule has 0 fully saturated rings. The smallest absolute Gasteiger partial charge is 0.326 e. The number of thioether (sulfide) groups is 1. The number of aromatic nitrogens is 1. The Morgan fingerprint density at radius 1 is 0.974 bits per heavy atom. The second-order valence-electron chi connectivity index (χ2n) is 10.3. The van der Waals surface area contributed by atoms with Crippen molar-refractivity contribution in [2.75, 3.05) is 12.0 Å². The first-order chi connectivity index (χ1) is 17.9. The summed E-state index contributed by atoms with van der Waals surface area (Å²) >= 11 is 1.58. The van der Waals surface area contributed by atoms with Crippen molar-refractivity contribution < 1.29 is 24.3 Å². The summed E-state index contributed by atoms with van der Waals surface area (Å²) in [6.07, 6.45) is 4.64. The molecule has 1 aromatic heterocycles. The summed E-state index contributed by atoms with van der Waals surface area (Å²) in [5.74, 6) is -2.30. The molecule has 0 bridgehead atoms. The van der Waals surface area contributed by atoms with Gasteiger partial charge in [-0.05, 0) is 48.3 Å². The van der Waals surface area contributed by atoms with Crippen LogP contribution in [-0.4, -0.2) is 70.0 Å². The standard InChI is InChI=1S/C27H41N5O5S/c1-15(2)12-21(30-24(33)19(28)10-11-38-5)25(34)31-22(26(35)32-23(16(3)4)27(36)37)13-17-14-29-20-9-7-6-8-18(17)20/h6-9,14-16,19,21-23,29H,10-13,28H2,1-5H3,(H,30,33)(H,31,34)(H,32,35)(H,36,37). The van der Waals surface area contributed by atoms with E-state index in [9.17, 15) is 24.3 Å². The fourth-order valence-electron chi connectivity index (χ4n) is 4.13. The number of rotatable bonds is 15. The van der Waals surface area contributed by atoms with Gasteiger partial charge in [0.1, 0.15) is 18.1 Å². The highest BCUT2D eigenvalue weighted by molar-refractivity contribution is 7.98. The Kier molecular flexibility index (Phi) is 12.1. The Morgan fingerprint density at radius 3 is 2.21 bits per heavy atom. The van der Waals surface area contributed by atoms with Crippen LogP contribution in [0.2, 0.25) is 0 Å². The van der Waals surface area contributed by atoms with E-state index in [-0.39, 0.29) is 18.3 Å². The van der Waals surface area contributed by atoms with Crippen LogP contribution in [0.3, 0.4) is 0 Å².